The highest BCUT2D eigenvalue weighted by atomic mass is 16.6. The van der Waals surface area contributed by atoms with E-state index in [2.05, 4.69) is 15.3 Å². The first-order chi connectivity index (χ1) is 13.2. The summed E-state index contributed by atoms with van der Waals surface area (Å²) in [7, 11) is 0. The average molecular weight is 364 g/mol. The van der Waals surface area contributed by atoms with Crippen molar-refractivity contribution >= 4 is 23.0 Å². The number of rotatable bonds is 3. The van der Waals surface area contributed by atoms with E-state index in [1.54, 1.807) is 24.5 Å². The highest BCUT2D eigenvalue weighted by Crippen LogP contribution is 2.17. The number of nitrogens with one attached hydrogen (secondary N) is 2. The Morgan fingerprint density at radius 1 is 1.11 bits per heavy atom. The molecule has 1 aliphatic rings. The second kappa shape index (κ2) is 7.49. The van der Waals surface area contributed by atoms with Gasteiger partial charge in [0.25, 0.3) is 5.91 Å². The number of nitrogens with zero attached hydrogens (tertiary/aromatic N) is 2. The van der Waals surface area contributed by atoms with Gasteiger partial charge in [0.15, 0.2) is 0 Å². The fourth-order valence-corrected chi connectivity index (χ4v) is 3.27. The van der Waals surface area contributed by atoms with Gasteiger partial charge in [-0.3, -0.25) is 4.79 Å². The van der Waals surface area contributed by atoms with E-state index < -0.39 is 6.09 Å². The number of aromatic nitrogens is 2. The lowest BCUT2D eigenvalue weighted by atomic mass is 10.0. The Balaban J connectivity index is 1.30. The highest BCUT2D eigenvalue weighted by molar-refractivity contribution is 5.97. The molecule has 7 heteroatoms. The third-order valence-electron chi connectivity index (χ3n) is 4.73. The Kier molecular flexibility index (Phi) is 4.74. The molecule has 0 unspecified atom stereocenters. The maximum absolute atomic E-state index is 12.7. The molecule has 2 N–H and O–H groups in total. The largest absolute Gasteiger partial charge is 0.412 e. The molecule has 1 aromatic heterocycles. The van der Waals surface area contributed by atoms with Gasteiger partial charge in [-0.05, 0) is 43.2 Å². The summed E-state index contributed by atoms with van der Waals surface area (Å²) in [6.45, 7) is 1.19. The minimum atomic E-state index is -0.462. The Hall–Kier alpha value is -3.35. The Morgan fingerprint density at radius 2 is 1.89 bits per heavy atom. The van der Waals surface area contributed by atoms with Crippen molar-refractivity contribution in [3.63, 3.8) is 0 Å². The normalized spacial score (nSPS) is 14.9. The summed E-state index contributed by atoms with van der Waals surface area (Å²) < 4.78 is 5.25. The molecular formula is C20H20N4O3. The molecule has 1 fully saturated rings. The average Bonchev–Trinajstić information content (AvgIpc) is 3.16. The lowest BCUT2D eigenvalue weighted by Crippen LogP contribution is -2.47. The van der Waals surface area contributed by atoms with E-state index in [1.165, 1.54) is 0 Å². The number of H-pyrrole nitrogens is 1. The molecule has 2 aromatic carbocycles. The number of imidazole rings is 1. The second-order valence-electron chi connectivity index (χ2n) is 6.55. The van der Waals surface area contributed by atoms with Gasteiger partial charge in [0.1, 0.15) is 5.75 Å². The highest BCUT2D eigenvalue weighted by Gasteiger charge is 2.25. The summed E-state index contributed by atoms with van der Waals surface area (Å²) in [5.41, 5.74) is 2.33. The summed E-state index contributed by atoms with van der Waals surface area (Å²) in [5, 5.41) is 2.87. The molecule has 138 valence electrons. The van der Waals surface area contributed by atoms with E-state index in [9.17, 15) is 9.59 Å². The number of benzene rings is 2. The van der Waals surface area contributed by atoms with Gasteiger partial charge in [0.05, 0.1) is 17.4 Å². The zero-order valence-corrected chi connectivity index (χ0v) is 14.7. The van der Waals surface area contributed by atoms with Gasteiger partial charge in [-0.1, -0.05) is 18.2 Å². The van der Waals surface area contributed by atoms with E-state index in [-0.39, 0.29) is 11.9 Å². The fourth-order valence-electron chi connectivity index (χ4n) is 3.27. The van der Waals surface area contributed by atoms with Crippen molar-refractivity contribution < 1.29 is 14.3 Å². The first-order valence-corrected chi connectivity index (χ1v) is 8.95. The van der Waals surface area contributed by atoms with Gasteiger partial charge < -0.3 is 19.9 Å². The molecule has 1 saturated heterocycles. The minimum absolute atomic E-state index is 0.000324. The second-order valence-corrected chi connectivity index (χ2v) is 6.55. The van der Waals surface area contributed by atoms with Crippen molar-refractivity contribution in [1.29, 1.82) is 0 Å². The molecule has 27 heavy (non-hydrogen) atoms. The molecule has 0 saturated carbocycles. The van der Waals surface area contributed by atoms with Gasteiger partial charge >= 0.3 is 6.09 Å². The third kappa shape index (κ3) is 3.92. The third-order valence-corrected chi connectivity index (χ3v) is 4.73. The number of piperidine rings is 1. The van der Waals surface area contributed by atoms with Crippen LogP contribution in [-0.2, 0) is 0 Å². The van der Waals surface area contributed by atoms with Crippen LogP contribution in [-0.4, -0.2) is 46.0 Å². The molecule has 0 bridgehead atoms. The zero-order chi connectivity index (χ0) is 18.6. The van der Waals surface area contributed by atoms with Crippen LogP contribution in [0.5, 0.6) is 5.75 Å². The Labute approximate surface area is 156 Å². The van der Waals surface area contributed by atoms with Crippen LogP contribution in [0.1, 0.15) is 23.2 Å². The minimum Gasteiger partial charge on any atom is -0.410 e. The van der Waals surface area contributed by atoms with Gasteiger partial charge in [0, 0.05) is 24.7 Å². The monoisotopic (exact) mass is 364 g/mol. The number of fused-ring (bicyclic) bond motifs is 1. The van der Waals surface area contributed by atoms with Crippen LogP contribution in [0.25, 0.3) is 11.0 Å². The number of hydrogen-bond acceptors (Lipinski definition) is 4. The van der Waals surface area contributed by atoms with Crippen molar-refractivity contribution in [2.75, 3.05) is 13.1 Å². The molecule has 0 spiro atoms. The van der Waals surface area contributed by atoms with Crippen LogP contribution in [0.15, 0.2) is 54.9 Å². The van der Waals surface area contributed by atoms with Crippen molar-refractivity contribution in [3.8, 4) is 5.75 Å². The maximum Gasteiger partial charge on any atom is 0.412 e. The molecule has 2 amide bonds. The lowest BCUT2D eigenvalue weighted by Gasteiger charge is -2.32. The van der Waals surface area contributed by atoms with Crippen molar-refractivity contribution in [3.05, 3.63) is 60.4 Å². The molecule has 0 aliphatic carbocycles. The summed E-state index contributed by atoms with van der Waals surface area (Å²) in [4.78, 5) is 33.7. The summed E-state index contributed by atoms with van der Waals surface area (Å²) in [6.07, 6.45) is 2.55. The molecule has 0 radical (unpaired) electrons. The van der Waals surface area contributed by atoms with Crippen LogP contribution in [0.2, 0.25) is 0 Å². The Bertz CT molecular complexity index is 946. The number of carbonyl (C=O) groups is 2. The number of hydrogen-bond donors (Lipinski definition) is 2. The van der Waals surface area contributed by atoms with Crippen LogP contribution in [0, 0.1) is 0 Å². The molecule has 1 aliphatic heterocycles. The maximum atomic E-state index is 12.7. The number of para-hydroxylation sites is 1. The predicted octanol–water partition coefficient (Wildman–Crippen LogP) is 2.96. The van der Waals surface area contributed by atoms with Gasteiger partial charge in [-0.25, -0.2) is 9.78 Å². The summed E-state index contributed by atoms with van der Waals surface area (Å²) in [5.74, 6) is 0.508. The van der Waals surface area contributed by atoms with E-state index in [0.717, 1.165) is 11.0 Å². The van der Waals surface area contributed by atoms with E-state index >= 15 is 0 Å². The molecular weight excluding hydrogens is 344 g/mol. The van der Waals surface area contributed by atoms with Gasteiger partial charge in [0.2, 0.25) is 0 Å². The number of amides is 2. The Morgan fingerprint density at radius 3 is 2.67 bits per heavy atom. The van der Waals surface area contributed by atoms with E-state index in [1.807, 2.05) is 35.2 Å². The van der Waals surface area contributed by atoms with Crippen LogP contribution in [0.4, 0.5) is 4.79 Å². The van der Waals surface area contributed by atoms with Crippen molar-refractivity contribution in [1.82, 2.24) is 20.2 Å². The zero-order valence-electron chi connectivity index (χ0n) is 14.7. The quantitative estimate of drug-likeness (QED) is 0.748. The molecule has 3 aromatic rings. The van der Waals surface area contributed by atoms with E-state index in [4.69, 9.17) is 4.74 Å². The summed E-state index contributed by atoms with van der Waals surface area (Å²) >= 11 is 0. The number of ether oxygens (including phenoxy) is 1. The topological polar surface area (TPSA) is 87.3 Å². The molecule has 0 atom stereocenters. The van der Waals surface area contributed by atoms with Crippen molar-refractivity contribution in [2.45, 2.75) is 18.9 Å². The van der Waals surface area contributed by atoms with Crippen LogP contribution >= 0.6 is 0 Å². The predicted molar refractivity (Wildman–Crippen MR) is 101 cm³/mol. The first kappa shape index (κ1) is 17.1. The summed E-state index contributed by atoms with van der Waals surface area (Å²) in [6, 6.07) is 14.4. The molecule has 2 heterocycles. The fraction of sp³-hybridized carbons (Fsp3) is 0.250. The van der Waals surface area contributed by atoms with Gasteiger partial charge in [-0.15, -0.1) is 0 Å². The van der Waals surface area contributed by atoms with Crippen molar-refractivity contribution in [2.24, 2.45) is 0 Å². The van der Waals surface area contributed by atoms with Crippen LogP contribution < -0.4 is 10.1 Å². The smallest absolute Gasteiger partial charge is 0.410 e. The lowest BCUT2D eigenvalue weighted by molar-refractivity contribution is 0.0706. The number of carbonyl (C=O) groups excluding carboxylic acids is 2. The van der Waals surface area contributed by atoms with Gasteiger partial charge in [-0.2, -0.15) is 0 Å². The number of aromatic amines is 1. The standard InChI is InChI=1S/C20H20N4O3/c25-19(14-6-7-17-18(12-14)22-13-21-17)24-10-8-15(9-11-24)23-20(26)27-16-4-2-1-3-5-16/h1-7,12-13,15H,8-11H2,(H,21,22)(H,23,26). The SMILES string of the molecule is O=C(NC1CCN(C(=O)c2ccc3nc[nH]c3c2)CC1)Oc1ccccc1. The first-order valence-electron chi connectivity index (χ1n) is 8.95. The van der Waals surface area contributed by atoms with Crippen LogP contribution in [0.3, 0.4) is 0 Å². The molecule has 7 nitrogen and oxygen atoms in total. The number of likely N-dealkylation sites (tertiary alicyclic amines) is 1. The van der Waals surface area contributed by atoms with E-state index in [0.29, 0.717) is 37.2 Å². The molecule has 4 rings (SSSR count).